The number of hydrogen-bond acceptors (Lipinski definition) is 5. The molecular formula is C28H28ClN5. The minimum absolute atomic E-state index is 0.237. The van der Waals surface area contributed by atoms with Crippen LogP contribution in [-0.2, 0) is 0 Å². The van der Waals surface area contributed by atoms with Crippen molar-refractivity contribution in [1.82, 2.24) is 19.7 Å². The zero-order valence-electron chi connectivity index (χ0n) is 19.7. The number of fused-ring (bicyclic) bond motifs is 2. The van der Waals surface area contributed by atoms with E-state index in [1.165, 1.54) is 12.8 Å². The first kappa shape index (κ1) is 21.4. The first-order chi connectivity index (χ1) is 16.5. The summed E-state index contributed by atoms with van der Waals surface area (Å²) in [6.45, 7) is 0. The number of hydrogen-bond donors (Lipinski definition) is 0. The van der Waals surface area contributed by atoms with Crippen LogP contribution < -0.4 is 0 Å². The average Bonchev–Trinajstić information content (AvgIpc) is 3.11. The van der Waals surface area contributed by atoms with Gasteiger partial charge in [-0.3, -0.25) is 0 Å². The minimum Gasteiger partial charge on any atom is -0.351 e. The molecule has 1 aromatic heterocycles. The van der Waals surface area contributed by atoms with Gasteiger partial charge in [0.25, 0.3) is 0 Å². The molecule has 2 aliphatic heterocycles. The van der Waals surface area contributed by atoms with Crippen molar-refractivity contribution in [2.75, 3.05) is 21.1 Å². The Bertz CT molecular complexity index is 1340. The van der Waals surface area contributed by atoms with Crippen LogP contribution in [0.5, 0.6) is 0 Å². The van der Waals surface area contributed by atoms with Gasteiger partial charge in [-0.05, 0) is 39.1 Å². The van der Waals surface area contributed by atoms with Crippen LogP contribution in [0.3, 0.4) is 0 Å². The normalized spacial score (nSPS) is 24.0. The fraction of sp³-hybridized carbons (Fsp3) is 0.286. The molecule has 0 saturated heterocycles. The van der Waals surface area contributed by atoms with Gasteiger partial charge in [-0.2, -0.15) is 0 Å². The lowest BCUT2D eigenvalue weighted by Crippen LogP contribution is -2.52. The van der Waals surface area contributed by atoms with Crippen molar-refractivity contribution in [3.05, 3.63) is 84.3 Å². The molecule has 0 amide bonds. The number of benzene rings is 2. The highest BCUT2D eigenvalue weighted by Gasteiger charge is 2.47. The van der Waals surface area contributed by atoms with Crippen molar-refractivity contribution < 1.29 is 0 Å². The van der Waals surface area contributed by atoms with Crippen LogP contribution in [0.15, 0.2) is 83.8 Å². The lowest BCUT2D eigenvalue weighted by molar-refractivity contribution is 0.0304. The monoisotopic (exact) mass is 469 g/mol. The number of aliphatic imine (C=N–C) groups is 1. The highest BCUT2D eigenvalue weighted by molar-refractivity contribution is 6.70. The van der Waals surface area contributed by atoms with Crippen molar-refractivity contribution in [3.8, 4) is 11.3 Å². The van der Waals surface area contributed by atoms with Gasteiger partial charge in [0, 0.05) is 47.9 Å². The van der Waals surface area contributed by atoms with Crippen LogP contribution in [0.25, 0.3) is 27.9 Å². The SMILES string of the molecule is CN1C(c2ccc3ccc(-c4ccccc4)nc3c2)=C2C(Cl)=NC=CN2C1[C@H]1C[C@@H](N(C)C)C1. The molecule has 0 radical (unpaired) electrons. The number of allylic oxidation sites excluding steroid dienone is 1. The van der Waals surface area contributed by atoms with E-state index >= 15 is 0 Å². The van der Waals surface area contributed by atoms with Gasteiger partial charge >= 0.3 is 0 Å². The van der Waals surface area contributed by atoms with Crippen LogP contribution in [0.2, 0.25) is 0 Å². The van der Waals surface area contributed by atoms with E-state index in [-0.39, 0.29) is 6.17 Å². The molecule has 6 rings (SSSR count). The zero-order chi connectivity index (χ0) is 23.4. The predicted octanol–water partition coefficient (Wildman–Crippen LogP) is 5.61. The zero-order valence-corrected chi connectivity index (χ0v) is 20.4. The second-order valence-electron chi connectivity index (χ2n) is 9.67. The van der Waals surface area contributed by atoms with Gasteiger partial charge in [-0.15, -0.1) is 0 Å². The molecule has 1 atom stereocenters. The van der Waals surface area contributed by atoms with E-state index in [0.717, 1.165) is 39.1 Å². The van der Waals surface area contributed by atoms with Crippen molar-refractivity contribution in [3.63, 3.8) is 0 Å². The Morgan fingerprint density at radius 2 is 1.71 bits per heavy atom. The molecule has 1 unspecified atom stereocenters. The van der Waals surface area contributed by atoms with Gasteiger partial charge in [0.1, 0.15) is 11.9 Å². The van der Waals surface area contributed by atoms with Gasteiger partial charge in [0.05, 0.1) is 16.9 Å². The summed E-state index contributed by atoms with van der Waals surface area (Å²) in [6, 6.07) is 21.7. The molecule has 1 aliphatic carbocycles. The summed E-state index contributed by atoms with van der Waals surface area (Å²) in [7, 11) is 6.53. The fourth-order valence-corrected chi connectivity index (χ4v) is 5.80. The Kier molecular flexibility index (Phi) is 5.19. The van der Waals surface area contributed by atoms with Crippen LogP contribution in [-0.4, -0.2) is 58.2 Å². The predicted molar refractivity (Wildman–Crippen MR) is 140 cm³/mol. The van der Waals surface area contributed by atoms with Gasteiger partial charge < -0.3 is 14.7 Å². The minimum atomic E-state index is 0.237. The number of aromatic nitrogens is 1. The van der Waals surface area contributed by atoms with E-state index in [9.17, 15) is 0 Å². The summed E-state index contributed by atoms with van der Waals surface area (Å²) in [4.78, 5) is 16.5. The smallest absolute Gasteiger partial charge is 0.154 e. The molecule has 0 N–H and O–H groups in total. The van der Waals surface area contributed by atoms with Crippen LogP contribution in [0.1, 0.15) is 18.4 Å². The van der Waals surface area contributed by atoms with Crippen molar-refractivity contribution in [2.24, 2.45) is 10.9 Å². The fourth-order valence-electron chi connectivity index (χ4n) is 5.55. The Morgan fingerprint density at radius 1 is 0.941 bits per heavy atom. The molecule has 3 aromatic rings. The summed E-state index contributed by atoms with van der Waals surface area (Å²) < 4.78 is 0. The standard InChI is InChI=1S/C28H28ClN5/c1-32(2)22-15-21(16-22)28-33(3)25(26-27(29)30-13-14-34(26)28)20-10-9-19-11-12-23(31-24(19)17-20)18-7-5-4-6-8-18/h4-14,17,21-22,28H,15-16H2,1-3H3/t21-,22+,28?. The Balaban J connectivity index is 1.41. The summed E-state index contributed by atoms with van der Waals surface area (Å²) in [5, 5.41) is 1.67. The number of pyridine rings is 1. The third-order valence-electron chi connectivity index (χ3n) is 7.46. The van der Waals surface area contributed by atoms with Crippen LogP contribution >= 0.6 is 11.6 Å². The Hall–Kier alpha value is -3.15. The molecule has 1 saturated carbocycles. The highest BCUT2D eigenvalue weighted by Crippen LogP contribution is 2.46. The first-order valence-corrected chi connectivity index (χ1v) is 12.2. The van der Waals surface area contributed by atoms with E-state index in [2.05, 4.69) is 89.5 Å². The maximum absolute atomic E-state index is 6.71. The van der Waals surface area contributed by atoms with E-state index in [1.54, 1.807) is 0 Å². The molecule has 0 spiro atoms. The third kappa shape index (κ3) is 3.42. The van der Waals surface area contributed by atoms with Gasteiger partial charge in [0.2, 0.25) is 0 Å². The maximum Gasteiger partial charge on any atom is 0.154 e. The average molecular weight is 470 g/mol. The molecule has 0 bridgehead atoms. The lowest BCUT2D eigenvalue weighted by Gasteiger charge is -2.47. The van der Waals surface area contributed by atoms with E-state index in [4.69, 9.17) is 16.6 Å². The first-order valence-electron chi connectivity index (χ1n) is 11.8. The summed E-state index contributed by atoms with van der Waals surface area (Å²) in [5.74, 6) is 0.570. The van der Waals surface area contributed by atoms with E-state index in [0.29, 0.717) is 17.1 Å². The summed E-state index contributed by atoms with van der Waals surface area (Å²) in [6.07, 6.45) is 6.49. The second-order valence-corrected chi connectivity index (χ2v) is 10.0. The molecule has 2 aromatic carbocycles. The molecule has 5 nitrogen and oxygen atoms in total. The van der Waals surface area contributed by atoms with E-state index in [1.807, 2.05) is 24.4 Å². The maximum atomic E-state index is 6.71. The van der Waals surface area contributed by atoms with Crippen LogP contribution in [0, 0.1) is 5.92 Å². The van der Waals surface area contributed by atoms with Crippen LogP contribution in [0.4, 0.5) is 0 Å². The number of rotatable bonds is 4. The molecule has 1 fully saturated rings. The van der Waals surface area contributed by atoms with Crippen molar-refractivity contribution in [1.29, 1.82) is 0 Å². The topological polar surface area (TPSA) is 35.0 Å². The number of halogens is 1. The largest absolute Gasteiger partial charge is 0.351 e. The summed E-state index contributed by atoms with van der Waals surface area (Å²) >= 11 is 6.71. The Morgan fingerprint density at radius 3 is 2.47 bits per heavy atom. The van der Waals surface area contributed by atoms with Crippen molar-refractivity contribution in [2.45, 2.75) is 25.0 Å². The second kappa shape index (κ2) is 8.26. The van der Waals surface area contributed by atoms with Gasteiger partial charge in [-0.1, -0.05) is 60.1 Å². The van der Waals surface area contributed by atoms with Crippen molar-refractivity contribution >= 4 is 33.4 Å². The third-order valence-corrected chi connectivity index (χ3v) is 7.74. The summed E-state index contributed by atoms with van der Waals surface area (Å²) in [5.41, 5.74) is 6.29. The van der Waals surface area contributed by atoms with Gasteiger partial charge in [-0.25, -0.2) is 9.98 Å². The molecule has 3 aliphatic rings. The highest BCUT2D eigenvalue weighted by atomic mass is 35.5. The van der Waals surface area contributed by atoms with Gasteiger partial charge in [0.15, 0.2) is 5.17 Å². The molecule has 3 heterocycles. The lowest BCUT2D eigenvalue weighted by atomic mass is 9.77. The number of nitrogens with zero attached hydrogens (tertiary/aromatic N) is 5. The molecular weight excluding hydrogens is 442 g/mol. The van der Waals surface area contributed by atoms with E-state index < -0.39 is 0 Å². The molecule has 172 valence electrons. The quantitative estimate of drug-likeness (QED) is 0.497. The molecule has 6 heteroatoms. The molecule has 34 heavy (non-hydrogen) atoms. The Labute approximate surface area is 205 Å².